The largest absolute Gasteiger partial charge is 0.0830 e. The third-order valence-electron chi connectivity index (χ3n) is 5.90. The van der Waals surface area contributed by atoms with Crippen LogP contribution in [0.15, 0.2) is 42.5 Å². The van der Waals surface area contributed by atoms with E-state index in [1.807, 2.05) is 0 Å². The van der Waals surface area contributed by atoms with Gasteiger partial charge in [0.05, 0.1) is 0 Å². The minimum atomic E-state index is 0.516. The predicted octanol–water partition coefficient (Wildman–Crippen LogP) is 6.29. The highest BCUT2D eigenvalue weighted by Gasteiger charge is 2.31. The number of hydrogen-bond donors (Lipinski definition) is 0. The van der Waals surface area contributed by atoms with Crippen molar-refractivity contribution in [3.05, 3.63) is 75.9 Å². The van der Waals surface area contributed by atoms with Crippen LogP contribution < -0.4 is 0 Å². The second-order valence-corrected chi connectivity index (χ2v) is 7.08. The second-order valence-electron chi connectivity index (χ2n) is 7.08. The molecule has 2 aliphatic rings. The van der Waals surface area contributed by atoms with Crippen LogP contribution in [0, 0.1) is 20.8 Å². The van der Waals surface area contributed by atoms with E-state index in [1.54, 1.807) is 5.56 Å². The number of hydrogen-bond acceptors (Lipinski definition) is 0. The summed E-state index contributed by atoms with van der Waals surface area (Å²) in [5.74, 6) is 0.516. The number of fused-ring (bicyclic) bond motifs is 2. The third kappa shape index (κ3) is 1.56. The van der Waals surface area contributed by atoms with E-state index in [1.165, 1.54) is 49.7 Å². The Kier molecular flexibility index (Phi) is 2.48. The highest BCUT2D eigenvalue weighted by atomic mass is 14.3. The summed E-state index contributed by atoms with van der Waals surface area (Å²) in [4.78, 5) is 0. The Balaban J connectivity index is 2.03. The molecule has 0 radical (unpaired) electrons. The molecule has 0 heterocycles. The molecule has 2 aliphatic carbocycles. The van der Waals surface area contributed by atoms with Gasteiger partial charge in [0, 0.05) is 5.92 Å². The molecule has 3 aromatic rings. The first kappa shape index (κ1) is 13.1. The van der Waals surface area contributed by atoms with Crippen molar-refractivity contribution >= 4 is 16.8 Å². The minimum Gasteiger partial charge on any atom is -0.0830 e. The highest BCUT2D eigenvalue weighted by Crippen LogP contribution is 2.51. The van der Waals surface area contributed by atoms with E-state index in [0.717, 1.165) is 6.42 Å². The van der Waals surface area contributed by atoms with Gasteiger partial charge in [0.25, 0.3) is 0 Å². The summed E-state index contributed by atoms with van der Waals surface area (Å²) in [5, 5.41) is 2.90. The molecule has 3 aromatic carbocycles. The van der Waals surface area contributed by atoms with E-state index < -0.39 is 0 Å². The number of rotatable bonds is 0. The standard InChI is InChI=1S/C23H20/c1-13-10-11-20-18-8-5-7-17-15(3)14(2)12-21(23(17)18)19-9-4-6-16(13)22(19)20/h4-7,9-12,18H,8H2,1-3H3/t18-/m1/s1. The van der Waals surface area contributed by atoms with Crippen molar-refractivity contribution in [1.29, 1.82) is 0 Å². The summed E-state index contributed by atoms with van der Waals surface area (Å²) >= 11 is 0. The van der Waals surface area contributed by atoms with Crippen molar-refractivity contribution in [3.63, 3.8) is 0 Å². The van der Waals surface area contributed by atoms with Crippen LogP contribution in [0.25, 0.3) is 28.0 Å². The quantitative estimate of drug-likeness (QED) is 0.457. The first-order valence-electron chi connectivity index (χ1n) is 8.50. The summed E-state index contributed by atoms with van der Waals surface area (Å²) in [5.41, 5.74) is 11.6. The molecule has 0 saturated heterocycles. The van der Waals surface area contributed by atoms with Crippen molar-refractivity contribution in [2.45, 2.75) is 33.1 Å². The van der Waals surface area contributed by atoms with Crippen LogP contribution in [-0.4, -0.2) is 0 Å². The third-order valence-corrected chi connectivity index (χ3v) is 5.90. The van der Waals surface area contributed by atoms with Crippen molar-refractivity contribution in [1.82, 2.24) is 0 Å². The van der Waals surface area contributed by atoms with E-state index >= 15 is 0 Å². The lowest BCUT2D eigenvalue weighted by molar-refractivity contribution is 0.820. The van der Waals surface area contributed by atoms with Gasteiger partial charge in [-0.3, -0.25) is 0 Å². The van der Waals surface area contributed by atoms with Gasteiger partial charge in [-0.25, -0.2) is 0 Å². The van der Waals surface area contributed by atoms with E-state index in [9.17, 15) is 0 Å². The van der Waals surface area contributed by atoms with E-state index in [4.69, 9.17) is 0 Å². The fourth-order valence-corrected chi connectivity index (χ4v) is 4.59. The smallest absolute Gasteiger partial charge is 0.0142 e. The Bertz CT molecular complexity index is 1020. The molecule has 23 heavy (non-hydrogen) atoms. The van der Waals surface area contributed by atoms with E-state index in [0.29, 0.717) is 5.92 Å². The van der Waals surface area contributed by atoms with Gasteiger partial charge in [-0.15, -0.1) is 0 Å². The fourth-order valence-electron chi connectivity index (χ4n) is 4.59. The number of benzene rings is 3. The van der Waals surface area contributed by atoms with Gasteiger partial charge in [0.2, 0.25) is 0 Å². The molecule has 0 amide bonds. The van der Waals surface area contributed by atoms with Crippen LogP contribution in [-0.2, 0) is 0 Å². The van der Waals surface area contributed by atoms with E-state index in [2.05, 4.69) is 69.3 Å². The fraction of sp³-hybridized carbons (Fsp3) is 0.217. The molecule has 1 atom stereocenters. The van der Waals surface area contributed by atoms with Gasteiger partial charge in [-0.1, -0.05) is 48.6 Å². The summed E-state index contributed by atoms with van der Waals surface area (Å²) in [6.45, 7) is 6.74. The monoisotopic (exact) mass is 296 g/mol. The maximum atomic E-state index is 2.42. The Morgan fingerprint density at radius 2 is 1.78 bits per heavy atom. The van der Waals surface area contributed by atoms with Crippen LogP contribution in [0.3, 0.4) is 0 Å². The molecule has 5 rings (SSSR count). The van der Waals surface area contributed by atoms with Crippen molar-refractivity contribution < 1.29 is 0 Å². The average molecular weight is 296 g/mol. The number of aryl methyl sites for hydroxylation is 2. The topological polar surface area (TPSA) is 0 Å². The average Bonchev–Trinajstić information content (AvgIpc) is 2.58. The molecular weight excluding hydrogens is 276 g/mol. The maximum Gasteiger partial charge on any atom is 0.0142 e. The summed E-state index contributed by atoms with van der Waals surface area (Å²) < 4.78 is 0. The van der Waals surface area contributed by atoms with Gasteiger partial charge >= 0.3 is 0 Å². The molecule has 0 saturated carbocycles. The van der Waals surface area contributed by atoms with Crippen LogP contribution in [0.1, 0.15) is 45.7 Å². The van der Waals surface area contributed by atoms with Gasteiger partial charge in [0.1, 0.15) is 0 Å². The molecule has 0 aromatic heterocycles. The Labute approximate surface area is 137 Å². The molecular formula is C23H20. The Morgan fingerprint density at radius 3 is 2.65 bits per heavy atom. The Hall–Kier alpha value is -2.34. The molecule has 112 valence electrons. The van der Waals surface area contributed by atoms with Gasteiger partial charge < -0.3 is 0 Å². The zero-order valence-electron chi connectivity index (χ0n) is 13.9. The molecule has 0 unspecified atom stereocenters. The lowest BCUT2D eigenvalue weighted by Gasteiger charge is -2.33. The first-order chi connectivity index (χ1) is 11.2. The van der Waals surface area contributed by atoms with Crippen LogP contribution in [0.2, 0.25) is 0 Å². The molecule has 0 fully saturated rings. The molecule has 0 bridgehead atoms. The lowest BCUT2D eigenvalue weighted by Crippen LogP contribution is -2.14. The Morgan fingerprint density at radius 1 is 0.913 bits per heavy atom. The maximum absolute atomic E-state index is 2.42. The number of allylic oxidation sites excluding steroid dienone is 1. The molecule has 0 nitrogen and oxygen atoms in total. The SMILES string of the molecule is Cc1cc2c3c(c1C)C=CC[C@@H]3c1ccc(C)c3cccc-2c13. The molecule has 0 N–H and O–H groups in total. The molecule has 0 spiro atoms. The van der Waals surface area contributed by atoms with Crippen LogP contribution in [0.4, 0.5) is 0 Å². The predicted molar refractivity (Wildman–Crippen MR) is 99.1 cm³/mol. The van der Waals surface area contributed by atoms with Gasteiger partial charge in [-0.05, 0) is 82.5 Å². The summed E-state index contributed by atoms with van der Waals surface area (Å²) in [6.07, 6.45) is 5.83. The van der Waals surface area contributed by atoms with Gasteiger partial charge in [0.15, 0.2) is 0 Å². The summed E-state index contributed by atoms with van der Waals surface area (Å²) in [7, 11) is 0. The molecule has 0 heteroatoms. The van der Waals surface area contributed by atoms with Crippen molar-refractivity contribution in [2.24, 2.45) is 0 Å². The van der Waals surface area contributed by atoms with Crippen LogP contribution in [0.5, 0.6) is 0 Å². The normalized spacial score (nSPS) is 17.4. The molecule has 0 aliphatic heterocycles. The second kappa shape index (κ2) is 4.35. The zero-order chi connectivity index (χ0) is 15.7. The highest BCUT2D eigenvalue weighted by molar-refractivity contribution is 6.05. The van der Waals surface area contributed by atoms with Crippen molar-refractivity contribution in [2.75, 3.05) is 0 Å². The van der Waals surface area contributed by atoms with E-state index in [-0.39, 0.29) is 0 Å². The lowest BCUT2D eigenvalue weighted by atomic mass is 9.70. The first-order valence-corrected chi connectivity index (χ1v) is 8.50. The summed E-state index contributed by atoms with van der Waals surface area (Å²) in [6, 6.07) is 13.9. The van der Waals surface area contributed by atoms with Crippen LogP contribution >= 0.6 is 0 Å². The minimum absolute atomic E-state index is 0.516. The zero-order valence-corrected chi connectivity index (χ0v) is 13.9. The van der Waals surface area contributed by atoms with Crippen molar-refractivity contribution in [3.8, 4) is 11.1 Å². The van der Waals surface area contributed by atoms with Gasteiger partial charge in [-0.2, -0.15) is 0 Å².